The van der Waals surface area contributed by atoms with Crippen LogP contribution in [-0.4, -0.2) is 58.4 Å². The van der Waals surface area contributed by atoms with E-state index in [1.165, 1.54) is 0 Å². The summed E-state index contributed by atoms with van der Waals surface area (Å²) in [4.78, 5) is 41.0. The van der Waals surface area contributed by atoms with Crippen molar-refractivity contribution in [2.24, 2.45) is 0 Å². The third-order valence-corrected chi connectivity index (χ3v) is 4.86. The summed E-state index contributed by atoms with van der Waals surface area (Å²) in [6, 6.07) is 7.18. The zero-order valence-corrected chi connectivity index (χ0v) is 15.5. The van der Waals surface area contributed by atoms with Crippen molar-refractivity contribution in [3.05, 3.63) is 29.8 Å². The van der Waals surface area contributed by atoms with E-state index in [0.29, 0.717) is 6.61 Å². The first kappa shape index (κ1) is 18.4. The van der Waals surface area contributed by atoms with Crippen molar-refractivity contribution in [1.29, 1.82) is 0 Å². The van der Waals surface area contributed by atoms with E-state index in [4.69, 9.17) is 4.74 Å². The maximum atomic E-state index is 12.5. The minimum Gasteiger partial charge on any atom is -0.494 e. The molecular formula is C19H25N3O4. The van der Waals surface area contributed by atoms with Crippen molar-refractivity contribution >= 4 is 17.8 Å². The van der Waals surface area contributed by atoms with Crippen LogP contribution in [0.4, 0.5) is 4.79 Å². The summed E-state index contributed by atoms with van der Waals surface area (Å²) >= 11 is 0. The lowest BCUT2D eigenvalue weighted by molar-refractivity contribution is -0.144. The molecule has 1 aromatic carbocycles. The molecule has 2 heterocycles. The molecular weight excluding hydrogens is 334 g/mol. The summed E-state index contributed by atoms with van der Waals surface area (Å²) in [6.07, 6.45) is 1.93. The van der Waals surface area contributed by atoms with Gasteiger partial charge >= 0.3 is 17.8 Å². The minimum atomic E-state index is -0.735. The Morgan fingerprint density at radius 1 is 1.12 bits per heavy atom. The number of rotatable bonds is 6. The molecule has 0 N–H and O–H groups in total. The van der Waals surface area contributed by atoms with Gasteiger partial charge in [0.25, 0.3) is 0 Å². The quantitative estimate of drug-likeness (QED) is 0.576. The van der Waals surface area contributed by atoms with Crippen molar-refractivity contribution in [2.75, 3.05) is 19.8 Å². The molecule has 0 aromatic heterocycles. The second-order valence-corrected chi connectivity index (χ2v) is 6.90. The van der Waals surface area contributed by atoms with E-state index < -0.39 is 17.8 Å². The smallest absolute Gasteiger partial charge is 0.335 e. The highest BCUT2D eigenvalue weighted by Crippen LogP contribution is 2.33. The molecule has 1 aromatic rings. The third kappa shape index (κ3) is 3.31. The lowest BCUT2D eigenvalue weighted by atomic mass is 10.0. The standard InChI is InChI=1S/C19H25N3O4/c1-4-26-15-9-7-14(8-10-15)16-6-5-11-20(16)12-21-17(23)18(24)22(13(2)3)19(21)25/h7-10,13,16H,4-6,11-12H2,1-3H3/t16-/m0/s1. The molecule has 2 fully saturated rings. The number of amides is 4. The van der Waals surface area contributed by atoms with E-state index in [2.05, 4.69) is 4.90 Å². The monoisotopic (exact) mass is 359 g/mol. The lowest BCUT2D eigenvalue weighted by Crippen LogP contribution is -2.43. The van der Waals surface area contributed by atoms with E-state index in [-0.39, 0.29) is 18.8 Å². The van der Waals surface area contributed by atoms with Crippen LogP contribution in [0.3, 0.4) is 0 Å². The van der Waals surface area contributed by atoms with Gasteiger partial charge in [-0.2, -0.15) is 0 Å². The molecule has 2 saturated heterocycles. The van der Waals surface area contributed by atoms with E-state index in [1.807, 2.05) is 31.2 Å². The first-order chi connectivity index (χ1) is 12.4. The Kier molecular flexibility index (Phi) is 5.27. The molecule has 2 aliphatic rings. The average molecular weight is 359 g/mol. The molecule has 7 nitrogen and oxygen atoms in total. The normalized spacial score (nSPS) is 21.4. The summed E-state index contributed by atoms with van der Waals surface area (Å²) in [5.41, 5.74) is 1.12. The molecule has 0 saturated carbocycles. The van der Waals surface area contributed by atoms with Gasteiger partial charge in [0.2, 0.25) is 0 Å². The Bertz CT molecular complexity index is 701. The van der Waals surface area contributed by atoms with Gasteiger partial charge in [0.15, 0.2) is 0 Å². The van der Waals surface area contributed by atoms with Gasteiger partial charge in [-0.25, -0.2) is 9.69 Å². The number of carbonyl (C=O) groups excluding carboxylic acids is 3. The van der Waals surface area contributed by atoms with Crippen molar-refractivity contribution < 1.29 is 19.1 Å². The van der Waals surface area contributed by atoms with Gasteiger partial charge in [-0.05, 0) is 51.3 Å². The summed E-state index contributed by atoms with van der Waals surface area (Å²) in [7, 11) is 0. The van der Waals surface area contributed by atoms with E-state index in [1.54, 1.807) is 13.8 Å². The summed E-state index contributed by atoms with van der Waals surface area (Å²) in [5.74, 6) is -0.647. The number of urea groups is 1. The topological polar surface area (TPSA) is 70.2 Å². The zero-order valence-electron chi connectivity index (χ0n) is 15.5. The number of benzene rings is 1. The Balaban J connectivity index is 1.74. The van der Waals surface area contributed by atoms with E-state index in [9.17, 15) is 14.4 Å². The van der Waals surface area contributed by atoms with Crippen molar-refractivity contribution in [2.45, 2.75) is 45.7 Å². The Morgan fingerprint density at radius 2 is 1.81 bits per heavy atom. The van der Waals surface area contributed by atoms with Gasteiger partial charge in [-0.3, -0.25) is 19.4 Å². The molecule has 4 amide bonds. The van der Waals surface area contributed by atoms with E-state index in [0.717, 1.165) is 40.5 Å². The van der Waals surface area contributed by atoms with Gasteiger partial charge in [-0.15, -0.1) is 0 Å². The van der Waals surface area contributed by atoms with Gasteiger partial charge in [-0.1, -0.05) is 12.1 Å². The Labute approximate surface area is 153 Å². The fourth-order valence-corrected chi connectivity index (χ4v) is 3.61. The number of ether oxygens (including phenoxy) is 1. The van der Waals surface area contributed by atoms with E-state index >= 15 is 0 Å². The number of carbonyl (C=O) groups is 3. The van der Waals surface area contributed by atoms with Gasteiger partial charge in [0.1, 0.15) is 5.75 Å². The molecule has 7 heteroatoms. The van der Waals surface area contributed by atoms with Crippen molar-refractivity contribution in [3.63, 3.8) is 0 Å². The van der Waals surface area contributed by atoms with Crippen LogP contribution in [0.1, 0.15) is 45.2 Å². The minimum absolute atomic E-state index is 0.120. The van der Waals surface area contributed by atoms with Gasteiger partial charge in [0.05, 0.1) is 13.3 Å². The average Bonchev–Trinajstić information content (AvgIpc) is 3.15. The van der Waals surface area contributed by atoms with Crippen LogP contribution in [0.25, 0.3) is 0 Å². The molecule has 0 radical (unpaired) electrons. The molecule has 26 heavy (non-hydrogen) atoms. The maximum Gasteiger partial charge on any atom is 0.335 e. The van der Waals surface area contributed by atoms with Crippen LogP contribution in [0.2, 0.25) is 0 Å². The highest BCUT2D eigenvalue weighted by molar-refractivity contribution is 6.44. The molecule has 3 rings (SSSR count). The van der Waals surface area contributed by atoms with Crippen LogP contribution < -0.4 is 4.74 Å². The summed E-state index contributed by atoms with van der Waals surface area (Å²) in [6.45, 7) is 6.94. The Hall–Kier alpha value is -2.41. The highest BCUT2D eigenvalue weighted by atomic mass is 16.5. The van der Waals surface area contributed by atoms with Crippen LogP contribution in [0, 0.1) is 0 Å². The number of nitrogens with zero attached hydrogens (tertiary/aromatic N) is 3. The molecule has 1 atom stereocenters. The van der Waals surface area contributed by atoms with Gasteiger partial charge in [0, 0.05) is 18.6 Å². The van der Waals surface area contributed by atoms with Crippen LogP contribution >= 0.6 is 0 Å². The molecule has 0 bridgehead atoms. The lowest BCUT2D eigenvalue weighted by Gasteiger charge is -2.28. The molecule has 0 spiro atoms. The molecule has 2 aliphatic heterocycles. The van der Waals surface area contributed by atoms with Crippen LogP contribution in [0.5, 0.6) is 5.75 Å². The third-order valence-electron chi connectivity index (χ3n) is 4.86. The highest BCUT2D eigenvalue weighted by Gasteiger charge is 2.46. The maximum absolute atomic E-state index is 12.5. The second-order valence-electron chi connectivity index (χ2n) is 6.90. The molecule has 0 unspecified atom stereocenters. The largest absolute Gasteiger partial charge is 0.494 e. The SMILES string of the molecule is CCOc1ccc([C@@H]2CCCN2CN2C(=O)C(=O)N(C(C)C)C2=O)cc1. The van der Waals surface area contributed by atoms with Crippen LogP contribution in [-0.2, 0) is 9.59 Å². The summed E-state index contributed by atoms with van der Waals surface area (Å²) in [5, 5.41) is 0. The fourth-order valence-electron chi connectivity index (χ4n) is 3.61. The van der Waals surface area contributed by atoms with Crippen molar-refractivity contribution in [3.8, 4) is 5.75 Å². The molecule has 140 valence electrons. The summed E-state index contributed by atoms with van der Waals surface area (Å²) < 4.78 is 5.48. The zero-order chi connectivity index (χ0) is 18.8. The number of likely N-dealkylation sites (tertiary alicyclic amines) is 1. The second kappa shape index (κ2) is 7.45. The van der Waals surface area contributed by atoms with Gasteiger partial charge < -0.3 is 4.74 Å². The number of imide groups is 2. The molecule has 0 aliphatic carbocycles. The van der Waals surface area contributed by atoms with Crippen LogP contribution in [0.15, 0.2) is 24.3 Å². The first-order valence-corrected chi connectivity index (χ1v) is 9.09. The predicted octanol–water partition coefficient (Wildman–Crippen LogP) is 2.38. The van der Waals surface area contributed by atoms with Crippen molar-refractivity contribution in [1.82, 2.24) is 14.7 Å². The Morgan fingerprint density at radius 3 is 2.38 bits per heavy atom. The number of hydrogen-bond donors (Lipinski definition) is 0. The first-order valence-electron chi connectivity index (χ1n) is 9.09. The fraction of sp³-hybridized carbons (Fsp3) is 0.526. The number of hydrogen-bond acceptors (Lipinski definition) is 5. The predicted molar refractivity (Wildman–Crippen MR) is 95.4 cm³/mol.